The largest absolute Gasteiger partial charge is 0.472 e. The summed E-state index contributed by atoms with van der Waals surface area (Å²) in [5.41, 5.74) is 0. The molecule has 0 saturated carbocycles. The smallest absolute Gasteiger partial charge is 0.462 e. The fourth-order valence-electron chi connectivity index (χ4n) is 9.94. The van der Waals surface area contributed by atoms with E-state index in [4.69, 9.17) is 37.0 Å². The molecule has 0 heterocycles. The van der Waals surface area contributed by atoms with E-state index >= 15 is 0 Å². The minimum absolute atomic E-state index is 0.105. The number of phosphoric ester groups is 2. The molecule has 5 atom stereocenters. The average Bonchev–Trinajstić information content (AvgIpc) is 3.57. The van der Waals surface area contributed by atoms with Gasteiger partial charge < -0.3 is 33.8 Å². The van der Waals surface area contributed by atoms with Crippen LogP contribution in [0.3, 0.4) is 0 Å². The fraction of sp³-hybridized carbons (Fsp3) is 0.939. The summed E-state index contributed by atoms with van der Waals surface area (Å²) >= 11 is 0. The van der Waals surface area contributed by atoms with Gasteiger partial charge in [0.1, 0.15) is 19.3 Å². The fourth-order valence-corrected chi connectivity index (χ4v) is 11.5. The summed E-state index contributed by atoms with van der Waals surface area (Å²) in [5.74, 6) is -1.34. The third kappa shape index (κ3) is 60.7. The minimum Gasteiger partial charge on any atom is -0.462 e. The van der Waals surface area contributed by atoms with Crippen molar-refractivity contribution in [3.8, 4) is 0 Å². The van der Waals surface area contributed by atoms with E-state index in [0.717, 1.165) is 102 Å². The van der Waals surface area contributed by atoms with E-state index in [2.05, 4.69) is 34.6 Å². The van der Waals surface area contributed by atoms with Gasteiger partial charge in [0.15, 0.2) is 12.2 Å². The van der Waals surface area contributed by atoms with Crippen LogP contribution in [0, 0.1) is 5.92 Å². The molecule has 85 heavy (non-hydrogen) atoms. The molecule has 0 aromatic carbocycles. The Bertz CT molecular complexity index is 1650. The third-order valence-electron chi connectivity index (χ3n) is 15.3. The lowest BCUT2D eigenvalue weighted by molar-refractivity contribution is -0.161. The molecule has 0 bridgehead atoms. The molecule has 2 unspecified atom stereocenters. The number of hydrogen-bond acceptors (Lipinski definition) is 15. The van der Waals surface area contributed by atoms with Crippen LogP contribution in [0.2, 0.25) is 0 Å². The van der Waals surface area contributed by atoms with Crippen molar-refractivity contribution >= 4 is 39.5 Å². The van der Waals surface area contributed by atoms with Crippen molar-refractivity contribution in [1.29, 1.82) is 0 Å². The highest BCUT2D eigenvalue weighted by atomic mass is 31.2. The topological polar surface area (TPSA) is 237 Å². The summed E-state index contributed by atoms with van der Waals surface area (Å²) in [5, 5.41) is 10.5. The first-order valence-corrected chi connectivity index (χ1v) is 37.6. The lowest BCUT2D eigenvalue weighted by Crippen LogP contribution is -2.30. The first kappa shape index (κ1) is 83.1. The average molecular weight is 1260 g/mol. The van der Waals surface area contributed by atoms with Gasteiger partial charge in [0, 0.05) is 25.7 Å². The summed E-state index contributed by atoms with van der Waals surface area (Å²) in [4.78, 5) is 72.0. The molecule has 0 aromatic heterocycles. The van der Waals surface area contributed by atoms with Gasteiger partial charge in [0.25, 0.3) is 0 Å². The lowest BCUT2D eigenvalue weighted by atomic mass is 10.0. The van der Waals surface area contributed by atoms with Crippen LogP contribution in [-0.4, -0.2) is 96.7 Å². The normalized spacial score (nSPS) is 14.2. The van der Waals surface area contributed by atoms with E-state index in [1.54, 1.807) is 0 Å². The van der Waals surface area contributed by atoms with Crippen LogP contribution in [-0.2, 0) is 65.4 Å². The van der Waals surface area contributed by atoms with Crippen LogP contribution >= 0.6 is 15.6 Å². The molecule has 0 aromatic rings. The number of aliphatic hydroxyl groups excluding tert-OH is 1. The Hall–Kier alpha value is -1.94. The van der Waals surface area contributed by atoms with Gasteiger partial charge in [-0.05, 0) is 31.6 Å². The molecule has 0 amide bonds. The van der Waals surface area contributed by atoms with Crippen LogP contribution in [0.15, 0.2) is 0 Å². The lowest BCUT2D eigenvalue weighted by Gasteiger charge is -2.21. The van der Waals surface area contributed by atoms with E-state index in [0.29, 0.717) is 25.7 Å². The van der Waals surface area contributed by atoms with Crippen LogP contribution in [0.1, 0.15) is 336 Å². The molecular formula is C66H128O17P2. The maximum Gasteiger partial charge on any atom is 0.472 e. The van der Waals surface area contributed by atoms with Crippen molar-refractivity contribution < 1.29 is 80.2 Å². The Balaban J connectivity index is 5.14. The molecule has 0 aliphatic carbocycles. The van der Waals surface area contributed by atoms with Gasteiger partial charge in [-0.2, -0.15) is 0 Å². The molecule has 3 N–H and O–H groups in total. The first-order chi connectivity index (χ1) is 41.0. The molecule has 0 rings (SSSR count). The zero-order chi connectivity index (χ0) is 62.8. The van der Waals surface area contributed by atoms with Crippen molar-refractivity contribution in [3.05, 3.63) is 0 Å². The zero-order valence-corrected chi connectivity index (χ0v) is 56.5. The Morgan fingerprint density at radius 2 is 0.541 bits per heavy atom. The van der Waals surface area contributed by atoms with Gasteiger partial charge in [-0.3, -0.25) is 37.3 Å². The van der Waals surface area contributed by atoms with Crippen LogP contribution in [0.4, 0.5) is 0 Å². The maximum absolute atomic E-state index is 13.0. The monoisotopic (exact) mass is 1250 g/mol. The van der Waals surface area contributed by atoms with Crippen molar-refractivity contribution in [3.63, 3.8) is 0 Å². The number of aliphatic hydroxyl groups is 1. The van der Waals surface area contributed by atoms with E-state index in [-0.39, 0.29) is 25.7 Å². The number of hydrogen-bond donors (Lipinski definition) is 3. The highest BCUT2D eigenvalue weighted by Gasteiger charge is 2.30. The highest BCUT2D eigenvalue weighted by molar-refractivity contribution is 7.47. The van der Waals surface area contributed by atoms with E-state index < -0.39 is 97.5 Å². The number of rotatable bonds is 66. The molecule has 0 aliphatic rings. The second-order valence-corrected chi connectivity index (χ2v) is 27.2. The zero-order valence-electron chi connectivity index (χ0n) is 54.7. The Kier molecular flexibility index (Phi) is 58.3. The quantitative estimate of drug-likeness (QED) is 0.0222. The summed E-state index contributed by atoms with van der Waals surface area (Å²) in [6.07, 6.45) is 44.8. The van der Waals surface area contributed by atoms with Crippen molar-refractivity contribution in [2.75, 3.05) is 39.6 Å². The standard InChI is InChI=1S/C66H128O17P2/c1-6-9-12-15-17-19-20-24-28-32-35-40-45-50-64(69)77-56-62(83-66(71)52-47-42-37-33-29-26-23-21-22-25-27-31-34-39-43-48-59(4)5)58-81-85(74,75)79-54-60(67)53-78-84(72,73)80-57-61(55-76-63(68)49-44-38-14-11-8-3)82-65(70)51-46-41-36-30-18-16-13-10-7-2/h59-62,67H,6-58H2,1-5H3,(H,72,73)(H,74,75)/t60-,61+,62+/m0/s1. The molecule has 504 valence electrons. The summed E-state index contributed by atoms with van der Waals surface area (Å²) in [7, 11) is -9.88. The number of esters is 4. The molecule has 17 nitrogen and oxygen atoms in total. The maximum atomic E-state index is 13.0. The van der Waals surface area contributed by atoms with Crippen LogP contribution < -0.4 is 0 Å². The number of ether oxygens (including phenoxy) is 4. The summed E-state index contributed by atoms with van der Waals surface area (Å²) in [6.45, 7) is 7.14. The molecule has 0 spiro atoms. The SMILES string of the molecule is CCCCCCCCCCCCCCCC(=O)OC[C@H](COP(=O)(O)OC[C@@H](O)COP(=O)(O)OC[C@@H](COC(=O)CCCCCCC)OC(=O)CCCCCCCCCCC)OC(=O)CCCCCCCCCCCCCCCCCC(C)C. The Morgan fingerprint density at radius 1 is 0.318 bits per heavy atom. The summed E-state index contributed by atoms with van der Waals surface area (Å²) < 4.78 is 67.9. The van der Waals surface area contributed by atoms with Gasteiger partial charge in [-0.25, -0.2) is 9.13 Å². The van der Waals surface area contributed by atoms with Crippen molar-refractivity contribution in [1.82, 2.24) is 0 Å². The minimum atomic E-state index is -4.94. The molecule has 0 radical (unpaired) electrons. The van der Waals surface area contributed by atoms with Gasteiger partial charge in [0.2, 0.25) is 0 Å². The predicted molar refractivity (Wildman–Crippen MR) is 340 cm³/mol. The molecule has 19 heteroatoms. The summed E-state index contributed by atoms with van der Waals surface area (Å²) in [6, 6.07) is 0. The van der Waals surface area contributed by atoms with Crippen molar-refractivity contribution in [2.24, 2.45) is 5.92 Å². The molecule has 0 fully saturated rings. The van der Waals surface area contributed by atoms with E-state index in [1.165, 1.54) is 154 Å². The van der Waals surface area contributed by atoms with Gasteiger partial charge in [-0.15, -0.1) is 0 Å². The molecular weight excluding hydrogens is 1130 g/mol. The van der Waals surface area contributed by atoms with E-state index in [9.17, 15) is 43.2 Å². The highest BCUT2D eigenvalue weighted by Crippen LogP contribution is 2.45. The number of carbonyl (C=O) groups is 4. The molecule has 0 aliphatic heterocycles. The number of phosphoric acid groups is 2. The Labute approximate surface area is 517 Å². The number of unbranched alkanes of at least 4 members (excludes halogenated alkanes) is 38. The van der Waals surface area contributed by atoms with Crippen LogP contribution in [0.25, 0.3) is 0 Å². The number of carbonyl (C=O) groups excluding carboxylic acids is 4. The second-order valence-electron chi connectivity index (χ2n) is 24.3. The van der Waals surface area contributed by atoms with Crippen LogP contribution in [0.5, 0.6) is 0 Å². The predicted octanol–water partition coefficient (Wildman–Crippen LogP) is 18.6. The second kappa shape index (κ2) is 59.7. The Morgan fingerprint density at radius 3 is 0.800 bits per heavy atom. The first-order valence-electron chi connectivity index (χ1n) is 34.6. The van der Waals surface area contributed by atoms with Gasteiger partial charge in [0.05, 0.1) is 26.4 Å². The third-order valence-corrected chi connectivity index (χ3v) is 17.2. The van der Waals surface area contributed by atoms with E-state index in [1.807, 2.05) is 0 Å². The van der Waals surface area contributed by atoms with Gasteiger partial charge >= 0.3 is 39.5 Å². The van der Waals surface area contributed by atoms with Crippen molar-refractivity contribution in [2.45, 2.75) is 355 Å². The van der Waals surface area contributed by atoms with Gasteiger partial charge in [-0.1, -0.05) is 285 Å². The molecule has 0 saturated heterocycles.